The predicted molar refractivity (Wildman–Crippen MR) is 106 cm³/mol. The lowest BCUT2D eigenvalue weighted by molar-refractivity contribution is -0.187. The summed E-state index contributed by atoms with van der Waals surface area (Å²) in [5.74, 6) is 0.0154. The van der Waals surface area contributed by atoms with Crippen LogP contribution in [0.5, 0.6) is 0 Å². The summed E-state index contributed by atoms with van der Waals surface area (Å²) < 4.78 is 5.15. The molecule has 0 aromatic heterocycles. The Kier molecular flexibility index (Phi) is 5.55. The molecule has 1 N–H and O–H groups in total. The summed E-state index contributed by atoms with van der Waals surface area (Å²) in [4.78, 5) is 13.7. The first-order chi connectivity index (χ1) is 12.4. The van der Waals surface area contributed by atoms with Crippen molar-refractivity contribution >= 4 is 17.7 Å². The van der Waals surface area contributed by atoms with Gasteiger partial charge in [0.1, 0.15) is 0 Å². The lowest BCUT2D eigenvalue weighted by atomic mass is 9.46. The van der Waals surface area contributed by atoms with Crippen molar-refractivity contribution < 1.29 is 14.6 Å². The second-order valence-electron chi connectivity index (χ2n) is 8.28. The number of carbonyl (C=O) groups excluding carboxylic acids is 1. The van der Waals surface area contributed by atoms with Crippen LogP contribution in [-0.2, 0) is 9.53 Å². The van der Waals surface area contributed by atoms with E-state index in [2.05, 4.69) is 19.1 Å². The minimum atomic E-state index is -0.882. The number of hydrogen-bond donors (Lipinski definition) is 1. The van der Waals surface area contributed by atoms with E-state index in [1.165, 1.54) is 7.11 Å². The van der Waals surface area contributed by atoms with Gasteiger partial charge >= 0.3 is 5.97 Å². The lowest BCUT2D eigenvalue weighted by Crippen LogP contribution is -2.60. The van der Waals surface area contributed by atoms with E-state index in [1.807, 2.05) is 36.6 Å². The van der Waals surface area contributed by atoms with Gasteiger partial charge in [-0.05, 0) is 68.6 Å². The van der Waals surface area contributed by atoms with E-state index in [-0.39, 0.29) is 17.3 Å². The van der Waals surface area contributed by atoms with Gasteiger partial charge in [-0.2, -0.15) is 0 Å². The number of ether oxygens (including phenoxy) is 1. The van der Waals surface area contributed by atoms with Crippen LogP contribution in [0.3, 0.4) is 0 Å². The zero-order valence-electron chi connectivity index (χ0n) is 16.0. The molecule has 1 aromatic carbocycles. The zero-order chi connectivity index (χ0) is 18.8. The summed E-state index contributed by atoms with van der Waals surface area (Å²) in [7, 11) is 1.48. The van der Waals surface area contributed by atoms with E-state index >= 15 is 0 Å². The first kappa shape index (κ1) is 19.5. The fourth-order valence-electron chi connectivity index (χ4n) is 5.37. The molecule has 142 valence electrons. The van der Waals surface area contributed by atoms with Crippen LogP contribution in [0.25, 0.3) is 0 Å². The number of benzene rings is 1. The Morgan fingerprint density at radius 2 is 1.92 bits per heavy atom. The van der Waals surface area contributed by atoms with Crippen LogP contribution in [0.15, 0.2) is 46.7 Å². The van der Waals surface area contributed by atoms with Crippen molar-refractivity contribution in [2.24, 2.45) is 16.7 Å². The van der Waals surface area contributed by atoms with Crippen molar-refractivity contribution in [3.63, 3.8) is 0 Å². The van der Waals surface area contributed by atoms with Gasteiger partial charge in [0.25, 0.3) is 0 Å². The van der Waals surface area contributed by atoms with Crippen LogP contribution in [0.2, 0.25) is 0 Å². The van der Waals surface area contributed by atoms with Gasteiger partial charge in [-0.3, -0.25) is 4.79 Å². The number of rotatable bonds is 4. The Morgan fingerprint density at radius 3 is 2.62 bits per heavy atom. The molecule has 2 saturated carbocycles. The van der Waals surface area contributed by atoms with Gasteiger partial charge in [0.2, 0.25) is 0 Å². The molecule has 3 nitrogen and oxygen atoms in total. The third kappa shape index (κ3) is 3.22. The van der Waals surface area contributed by atoms with Crippen LogP contribution in [-0.4, -0.2) is 23.8 Å². The molecule has 1 aromatic rings. The van der Waals surface area contributed by atoms with Crippen LogP contribution in [0, 0.1) is 16.7 Å². The SMILES string of the molecule is COC(=O)[C@]1(C)CCC[C@]2(C)[C@@H]1CCC[C@@]2(O)/C=C/Sc1ccccc1. The topological polar surface area (TPSA) is 46.5 Å². The van der Waals surface area contributed by atoms with Gasteiger partial charge in [-0.25, -0.2) is 0 Å². The molecule has 4 heteroatoms. The summed E-state index contributed by atoms with van der Waals surface area (Å²) in [5, 5.41) is 13.7. The zero-order valence-corrected chi connectivity index (χ0v) is 16.8. The molecule has 0 amide bonds. The van der Waals surface area contributed by atoms with Crippen LogP contribution in [0.4, 0.5) is 0 Å². The maximum absolute atomic E-state index is 12.6. The fourth-order valence-corrected chi connectivity index (χ4v) is 6.13. The molecule has 0 unspecified atom stereocenters. The number of thioether (sulfide) groups is 1. The molecule has 0 aliphatic heterocycles. The second-order valence-corrected chi connectivity index (χ2v) is 9.26. The van der Waals surface area contributed by atoms with Gasteiger partial charge in [0.05, 0.1) is 18.1 Å². The van der Waals surface area contributed by atoms with Crippen molar-refractivity contribution in [3.05, 3.63) is 41.8 Å². The molecule has 2 aliphatic carbocycles. The molecule has 0 spiro atoms. The van der Waals surface area contributed by atoms with E-state index in [0.717, 1.165) is 43.4 Å². The smallest absolute Gasteiger partial charge is 0.311 e. The van der Waals surface area contributed by atoms with Gasteiger partial charge in [0, 0.05) is 10.3 Å². The molecule has 0 radical (unpaired) electrons. The number of carbonyl (C=O) groups is 1. The molecule has 26 heavy (non-hydrogen) atoms. The monoisotopic (exact) mass is 374 g/mol. The maximum Gasteiger partial charge on any atom is 0.311 e. The van der Waals surface area contributed by atoms with Gasteiger partial charge in [0.15, 0.2) is 0 Å². The Balaban J connectivity index is 1.86. The Morgan fingerprint density at radius 1 is 1.19 bits per heavy atom. The highest BCUT2D eigenvalue weighted by molar-refractivity contribution is 8.02. The van der Waals surface area contributed by atoms with Crippen molar-refractivity contribution in [2.75, 3.05) is 7.11 Å². The summed E-state index contributed by atoms with van der Waals surface area (Å²) in [6.07, 6.45) is 7.39. The molecule has 3 rings (SSSR count). The van der Waals surface area contributed by atoms with Crippen molar-refractivity contribution in [2.45, 2.75) is 62.9 Å². The van der Waals surface area contributed by atoms with E-state index in [4.69, 9.17) is 4.74 Å². The number of esters is 1. The molecule has 2 aliphatic rings. The molecule has 0 heterocycles. The average molecular weight is 375 g/mol. The number of methoxy groups -OCH3 is 1. The molecular formula is C22H30O3S. The average Bonchev–Trinajstić information content (AvgIpc) is 2.63. The predicted octanol–water partition coefficient (Wildman–Crippen LogP) is 5.19. The number of aliphatic hydroxyl groups is 1. The minimum absolute atomic E-state index is 0.125. The van der Waals surface area contributed by atoms with Gasteiger partial charge in [-0.1, -0.05) is 43.3 Å². The molecule has 4 atom stereocenters. The molecular weight excluding hydrogens is 344 g/mol. The van der Waals surface area contributed by atoms with E-state index < -0.39 is 11.0 Å². The highest BCUT2D eigenvalue weighted by atomic mass is 32.2. The first-order valence-corrected chi connectivity index (χ1v) is 10.4. The summed E-state index contributed by atoms with van der Waals surface area (Å²) >= 11 is 1.63. The third-order valence-electron chi connectivity index (χ3n) is 6.91. The summed E-state index contributed by atoms with van der Waals surface area (Å²) in [5.41, 5.74) is -1.69. The number of hydrogen-bond acceptors (Lipinski definition) is 4. The molecule has 2 fully saturated rings. The normalized spacial score (nSPS) is 37.3. The van der Waals surface area contributed by atoms with Crippen molar-refractivity contribution in [3.8, 4) is 0 Å². The van der Waals surface area contributed by atoms with E-state index in [9.17, 15) is 9.90 Å². The van der Waals surface area contributed by atoms with E-state index in [0.29, 0.717) is 0 Å². The highest BCUT2D eigenvalue weighted by Gasteiger charge is 2.61. The Bertz CT molecular complexity index is 673. The van der Waals surface area contributed by atoms with Crippen molar-refractivity contribution in [1.82, 2.24) is 0 Å². The fraction of sp³-hybridized carbons (Fsp3) is 0.591. The highest BCUT2D eigenvalue weighted by Crippen LogP contribution is 2.62. The number of fused-ring (bicyclic) bond motifs is 1. The minimum Gasteiger partial charge on any atom is -0.469 e. The maximum atomic E-state index is 12.6. The summed E-state index contributed by atoms with van der Waals surface area (Å²) in [6, 6.07) is 10.2. The Hall–Kier alpha value is -1.26. The van der Waals surface area contributed by atoms with Crippen LogP contribution < -0.4 is 0 Å². The Labute approximate surface area is 161 Å². The van der Waals surface area contributed by atoms with Gasteiger partial charge < -0.3 is 9.84 Å². The largest absolute Gasteiger partial charge is 0.469 e. The summed E-state index contributed by atoms with van der Waals surface area (Å²) in [6.45, 7) is 4.21. The first-order valence-electron chi connectivity index (χ1n) is 9.56. The van der Waals surface area contributed by atoms with Crippen LogP contribution >= 0.6 is 11.8 Å². The van der Waals surface area contributed by atoms with Crippen molar-refractivity contribution in [1.29, 1.82) is 0 Å². The lowest BCUT2D eigenvalue weighted by Gasteiger charge is -2.59. The quantitative estimate of drug-likeness (QED) is 0.582. The van der Waals surface area contributed by atoms with Gasteiger partial charge in [-0.15, -0.1) is 0 Å². The second kappa shape index (κ2) is 7.40. The third-order valence-corrected chi connectivity index (χ3v) is 7.73. The standard InChI is InChI=1S/C22H30O3S/c1-20(19(23)25-3)12-8-13-21(2)18(20)11-7-14-22(21,24)15-16-26-17-9-5-4-6-10-17/h4-6,9-10,15-16,18,24H,7-8,11-14H2,1-3H3/b16-15+/t18-,20-,21-,22-/m1/s1. The van der Waals surface area contributed by atoms with E-state index in [1.54, 1.807) is 11.8 Å². The molecule has 0 bridgehead atoms. The molecule has 0 saturated heterocycles. The van der Waals surface area contributed by atoms with Crippen LogP contribution in [0.1, 0.15) is 52.4 Å².